The summed E-state index contributed by atoms with van der Waals surface area (Å²) in [6, 6.07) is 2.93. The molecule has 8 heteroatoms. The molecule has 0 aliphatic carbocycles. The SMILES string of the molecule is CC1(C)OC(=O)C(=CNc2cc(Cl)cc(Br)c2O)C(=O)O1. The summed E-state index contributed by atoms with van der Waals surface area (Å²) in [4.78, 5) is 23.5. The summed E-state index contributed by atoms with van der Waals surface area (Å²) in [5.74, 6) is -3.05. The Kier molecular flexibility index (Phi) is 4.15. The quantitative estimate of drug-likeness (QED) is 0.357. The van der Waals surface area contributed by atoms with Crippen LogP contribution in [0.1, 0.15) is 13.8 Å². The van der Waals surface area contributed by atoms with E-state index < -0.39 is 17.7 Å². The number of esters is 2. The molecule has 1 fully saturated rings. The Morgan fingerprint density at radius 1 is 1.29 bits per heavy atom. The third-order valence-electron chi connectivity index (χ3n) is 2.52. The van der Waals surface area contributed by atoms with Gasteiger partial charge in [0.05, 0.1) is 10.2 Å². The molecular formula is C13H11BrClNO5. The number of carbonyl (C=O) groups excluding carboxylic acids is 2. The smallest absolute Gasteiger partial charge is 0.350 e. The Hall–Kier alpha value is -1.73. The first-order valence-corrected chi connectivity index (χ1v) is 6.98. The van der Waals surface area contributed by atoms with E-state index in [9.17, 15) is 14.7 Å². The van der Waals surface area contributed by atoms with E-state index in [0.29, 0.717) is 9.50 Å². The Morgan fingerprint density at radius 2 is 1.86 bits per heavy atom. The van der Waals surface area contributed by atoms with Crippen LogP contribution in [0.3, 0.4) is 0 Å². The van der Waals surface area contributed by atoms with Crippen LogP contribution in [0, 0.1) is 0 Å². The van der Waals surface area contributed by atoms with Crippen LogP contribution in [-0.2, 0) is 19.1 Å². The van der Waals surface area contributed by atoms with Crippen molar-refractivity contribution in [3.05, 3.63) is 33.4 Å². The molecule has 1 aromatic rings. The molecule has 1 aliphatic rings. The predicted octanol–water partition coefficient (Wildman–Crippen LogP) is 2.94. The van der Waals surface area contributed by atoms with Gasteiger partial charge in [-0.3, -0.25) is 0 Å². The van der Waals surface area contributed by atoms with Gasteiger partial charge in [0.1, 0.15) is 0 Å². The van der Waals surface area contributed by atoms with Gasteiger partial charge < -0.3 is 19.9 Å². The van der Waals surface area contributed by atoms with Gasteiger partial charge in [0, 0.05) is 25.1 Å². The lowest BCUT2D eigenvalue weighted by Crippen LogP contribution is -2.42. The van der Waals surface area contributed by atoms with E-state index in [-0.39, 0.29) is 17.0 Å². The van der Waals surface area contributed by atoms with E-state index >= 15 is 0 Å². The molecule has 1 saturated heterocycles. The molecule has 112 valence electrons. The maximum atomic E-state index is 11.7. The normalized spacial score (nSPS) is 17.0. The topological polar surface area (TPSA) is 84.9 Å². The van der Waals surface area contributed by atoms with Crippen molar-refractivity contribution < 1.29 is 24.2 Å². The molecule has 1 aromatic carbocycles. The average molecular weight is 377 g/mol. The number of ether oxygens (including phenoxy) is 2. The van der Waals surface area contributed by atoms with E-state index in [0.717, 1.165) is 6.20 Å². The van der Waals surface area contributed by atoms with Gasteiger partial charge in [0.25, 0.3) is 5.79 Å². The number of rotatable bonds is 2. The molecule has 0 spiro atoms. The number of hydrogen-bond donors (Lipinski definition) is 2. The molecule has 0 unspecified atom stereocenters. The van der Waals surface area contributed by atoms with E-state index in [1.807, 2.05) is 0 Å². The monoisotopic (exact) mass is 375 g/mol. The van der Waals surface area contributed by atoms with Crippen LogP contribution in [0.25, 0.3) is 0 Å². The van der Waals surface area contributed by atoms with Crippen molar-refractivity contribution in [2.45, 2.75) is 19.6 Å². The number of halogens is 2. The summed E-state index contributed by atoms with van der Waals surface area (Å²) in [5.41, 5.74) is -0.0999. The highest BCUT2D eigenvalue weighted by molar-refractivity contribution is 9.10. The van der Waals surface area contributed by atoms with Crippen LogP contribution in [0.4, 0.5) is 5.69 Å². The molecular weight excluding hydrogens is 366 g/mol. The molecule has 1 heterocycles. The summed E-state index contributed by atoms with van der Waals surface area (Å²) < 4.78 is 10.2. The summed E-state index contributed by atoms with van der Waals surface area (Å²) in [6.45, 7) is 2.90. The van der Waals surface area contributed by atoms with Crippen LogP contribution >= 0.6 is 27.5 Å². The maximum Gasteiger partial charge on any atom is 0.350 e. The Labute approximate surface area is 133 Å². The molecule has 0 amide bonds. The van der Waals surface area contributed by atoms with Crippen molar-refractivity contribution in [3.63, 3.8) is 0 Å². The molecule has 0 radical (unpaired) electrons. The first-order valence-electron chi connectivity index (χ1n) is 5.81. The van der Waals surface area contributed by atoms with Crippen molar-refractivity contribution in [2.75, 3.05) is 5.32 Å². The lowest BCUT2D eigenvalue weighted by molar-refractivity contribution is -0.222. The van der Waals surface area contributed by atoms with Crippen molar-refractivity contribution in [1.82, 2.24) is 0 Å². The number of phenolic OH excluding ortho intramolecular Hbond substituents is 1. The molecule has 2 N–H and O–H groups in total. The second-order valence-electron chi connectivity index (χ2n) is 4.66. The molecule has 0 atom stereocenters. The standard InChI is InChI=1S/C13H11BrClNO5/c1-13(2)20-11(18)7(12(19)21-13)5-16-9-4-6(15)3-8(14)10(9)17/h3-5,16-17H,1-2H3. The van der Waals surface area contributed by atoms with Crippen molar-refractivity contribution in [2.24, 2.45) is 0 Å². The Morgan fingerprint density at radius 3 is 2.43 bits per heavy atom. The Balaban J connectivity index is 2.26. The third kappa shape index (κ3) is 3.48. The molecule has 0 aromatic heterocycles. The molecule has 1 aliphatic heterocycles. The zero-order valence-corrected chi connectivity index (χ0v) is 13.4. The fraction of sp³-hybridized carbons (Fsp3) is 0.231. The number of hydrogen-bond acceptors (Lipinski definition) is 6. The van der Waals surface area contributed by atoms with Gasteiger partial charge in [0.2, 0.25) is 0 Å². The lowest BCUT2D eigenvalue weighted by Gasteiger charge is -2.29. The molecule has 6 nitrogen and oxygen atoms in total. The number of nitrogens with one attached hydrogen (secondary N) is 1. The average Bonchev–Trinajstić information content (AvgIpc) is 2.32. The number of aromatic hydroxyl groups is 1. The van der Waals surface area contributed by atoms with E-state index in [1.165, 1.54) is 26.0 Å². The third-order valence-corrected chi connectivity index (χ3v) is 3.34. The fourth-order valence-corrected chi connectivity index (χ4v) is 2.41. The van der Waals surface area contributed by atoms with Crippen molar-refractivity contribution in [3.8, 4) is 5.75 Å². The van der Waals surface area contributed by atoms with Gasteiger partial charge in [-0.1, -0.05) is 11.6 Å². The van der Waals surface area contributed by atoms with Crippen LogP contribution in [0.15, 0.2) is 28.4 Å². The number of anilines is 1. The first kappa shape index (κ1) is 15.7. The first-order chi connectivity index (χ1) is 9.69. The van der Waals surface area contributed by atoms with Crippen LogP contribution < -0.4 is 5.32 Å². The van der Waals surface area contributed by atoms with Gasteiger partial charge in [-0.2, -0.15) is 0 Å². The molecule has 21 heavy (non-hydrogen) atoms. The summed E-state index contributed by atoms with van der Waals surface area (Å²) in [6.07, 6.45) is 1.09. The van der Waals surface area contributed by atoms with Gasteiger partial charge in [-0.15, -0.1) is 0 Å². The highest BCUT2D eigenvalue weighted by Gasteiger charge is 2.38. The van der Waals surface area contributed by atoms with Crippen LogP contribution in [0.5, 0.6) is 5.75 Å². The lowest BCUT2D eigenvalue weighted by atomic mass is 10.2. The zero-order valence-electron chi connectivity index (χ0n) is 11.1. The molecule has 2 rings (SSSR count). The molecule has 0 saturated carbocycles. The Bertz CT molecular complexity index is 634. The highest BCUT2D eigenvalue weighted by Crippen LogP contribution is 2.35. The zero-order chi connectivity index (χ0) is 15.8. The minimum atomic E-state index is -1.30. The van der Waals surface area contributed by atoms with Crippen molar-refractivity contribution >= 4 is 45.2 Å². The second-order valence-corrected chi connectivity index (χ2v) is 5.96. The maximum absolute atomic E-state index is 11.7. The summed E-state index contributed by atoms with van der Waals surface area (Å²) in [5, 5.41) is 12.8. The predicted molar refractivity (Wildman–Crippen MR) is 78.8 cm³/mol. The summed E-state index contributed by atoms with van der Waals surface area (Å²) >= 11 is 8.98. The van der Waals surface area contributed by atoms with Gasteiger partial charge in [-0.25, -0.2) is 9.59 Å². The van der Waals surface area contributed by atoms with E-state index in [1.54, 1.807) is 0 Å². The fourth-order valence-electron chi connectivity index (χ4n) is 1.60. The highest BCUT2D eigenvalue weighted by atomic mass is 79.9. The number of phenols is 1. The van der Waals surface area contributed by atoms with E-state index in [4.69, 9.17) is 21.1 Å². The van der Waals surface area contributed by atoms with Gasteiger partial charge >= 0.3 is 11.9 Å². The largest absolute Gasteiger partial charge is 0.505 e. The van der Waals surface area contributed by atoms with Crippen molar-refractivity contribution in [1.29, 1.82) is 0 Å². The van der Waals surface area contributed by atoms with Gasteiger partial charge in [0.15, 0.2) is 11.3 Å². The van der Waals surface area contributed by atoms with Gasteiger partial charge in [-0.05, 0) is 28.1 Å². The van der Waals surface area contributed by atoms with E-state index in [2.05, 4.69) is 21.2 Å². The summed E-state index contributed by atoms with van der Waals surface area (Å²) in [7, 11) is 0. The van der Waals surface area contributed by atoms with Crippen LogP contribution in [0.2, 0.25) is 5.02 Å². The number of carbonyl (C=O) groups is 2. The second kappa shape index (κ2) is 5.57. The minimum absolute atomic E-state index is 0.117. The molecule has 0 bridgehead atoms. The number of cyclic esters (lactones) is 2. The minimum Gasteiger partial charge on any atom is -0.505 e. The van der Waals surface area contributed by atoms with Crippen LogP contribution in [-0.4, -0.2) is 22.8 Å². The number of benzene rings is 1.